The lowest BCUT2D eigenvalue weighted by Crippen LogP contribution is -2.37. The average Bonchev–Trinajstić information content (AvgIpc) is 2.94. The van der Waals surface area contributed by atoms with E-state index in [0.29, 0.717) is 26.1 Å². The summed E-state index contributed by atoms with van der Waals surface area (Å²) in [6.07, 6.45) is 1.17. The lowest BCUT2D eigenvalue weighted by Gasteiger charge is -2.10. The predicted octanol–water partition coefficient (Wildman–Crippen LogP) is 2.15. The Morgan fingerprint density at radius 1 is 1.40 bits per heavy atom. The number of esters is 1. The van der Waals surface area contributed by atoms with Gasteiger partial charge >= 0.3 is 5.97 Å². The number of ether oxygens (including phenoxy) is 1. The minimum absolute atomic E-state index is 0.144. The molecule has 0 radical (unpaired) electrons. The first kappa shape index (κ1) is 16.5. The molecule has 1 aromatic rings. The lowest BCUT2D eigenvalue weighted by molar-refractivity contribution is -0.143. The van der Waals surface area contributed by atoms with E-state index in [0.717, 1.165) is 18.9 Å². The van der Waals surface area contributed by atoms with Crippen molar-refractivity contribution in [3.63, 3.8) is 0 Å². The first-order chi connectivity index (χ1) is 9.76. The second kappa shape index (κ2) is 10.3. The highest BCUT2D eigenvalue weighted by molar-refractivity contribution is 7.07. The average molecular weight is 297 g/mol. The summed E-state index contributed by atoms with van der Waals surface area (Å²) in [5.74, 6) is 0.636. The largest absolute Gasteiger partial charge is 0.466 e. The van der Waals surface area contributed by atoms with Gasteiger partial charge in [0.25, 0.3) is 0 Å². The fraction of sp³-hybridized carbons (Fsp3) is 0.571. The third kappa shape index (κ3) is 7.13. The molecule has 0 spiro atoms. The van der Waals surface area contributed by atoms with Gasteiger partial charge < -0.3 is 15.4 Å². The van der Waals surface area contributed by atoms with Crippen LogP contribution in [0.2, 0.25) is 0 Å². The first-order valence-electron chi connectivity index (χ1n) is 6.95. The standard InChI is InChI=1S/C14H23N3O2S/c1-3-15-14(17-10-12-7-9-20-11-12)16-8-5-6-13(18)19-4-2/h7,9,11H,3-6,8,10H2,1-2H3,(H2,15,16,17). The molecule has 0 aromatic carbocycles. The number of rotatable bonds is 8. The second-order valence-electron chi connectivity index (χ2n) is 4.16. The van der Waals surface area contributed by atoms with Crippen molar-refractivity contribution in [1.82, 2.24) is 10.6 Å². The van der Waals surface area contributed by atoms with Crippen LogP contribution in [0.3, 0.4) is 0 Å². The minimum atomic E-state index is -0.144. The van der Waals surface area contributed by atoms with Gasteiger partial charge in [0.05, 0.1) is 13.2 Å². The van der Waals surface area contributed by atoms with Gasteiger partial charge in [0, 0.05) is 19.5 Å². The highest BCUT2D eigenvalue weighted by atomic mass is 32.1. The van der Waals surface area contributed by atoms with E-state index in [4.69, 9.17) is 4.74 Å². The number of hydrogen-bond donors (Lipinski definition) is 2. The van der Waals surface area contributed by atoms with Gasteiger partial charge in [-0.1, -0.05) is 0 Å². The van der Waals surface area contributed by atoms with Crippen LogP contribution < -0.4 is 10.6 Å². The van der Waals surface area contributed by atoms with Crippen LogP contribution in [-0.2, 0) is 16.1 Å². The van der Waals surface area contributed by atoms with Gasteiger partial charge in [-0.05, 0) is 42.7 Å². The van der Waals surface area contributed by atoms with E-state index in [-0.39, 0.29) is 5.97 Å². The van der Waals surface area contributed by atoms with Gasteiger partial charge in [-0.25, -0.2) is 4.99 Å². The number of guanidine groups is 1. The van der Waals surface area contributed by atoms with Crippen LogP contribution in [0.4, 0.5) is 0 Å². The van der Waals surface area contributed by atoms with E-state index >= 15 is 0 Å². The van der Waals surface area contributed by atoms with Crippen molar-refractivity contribution in [2.45, 2.75) is 33.2 Å². The molecule has 0 aliphatic carbocycles. The van der Waals surface area contributed by atoms with Crippen molar-refractivity contribution in [3.8, 4) is 0 Å². The monoisotopic (exact) mass is 297 g/mol. The Labute approximate surface area is 124 Å². The van der Waals surface area contributed by atoms with Crippen molar-refractivity contribution in [1.29, 1.82) is 0 Å². The summed E-state index contributed by atoms with van der Waals surface area (Å²) in [6.45, 7) is 6.46. The summed E-state index contributed by atoms with van der Waals surface area (Å²) in [4.78, 5) is 15.7. The van der Waals surface area contributed by atoms with E-state index < -0.39 is 0 Å². The highest BCUT2D eigenvalue weighted by Gasteiger charge is 2.02. The quantitative estimate of drug-likeness (QED) is 0.334. The number of nitrogens with one attached hydrogen (secondary N) is 2. The summed E-state index contributed by atoms with van der Waals surface area (Å²) in [5, 5.41) is 10.5. The molecule has 1 rings (SSSR count). The van der Waals surface area contributed by atoms with Crippen LogP contribution in [0.15, 0.2) is 21.8 Å². The molecule has 0 saturated carbocycles. The third-order valence-electron chi connectivity index (χ3n) is 2.50. The van der Waals surface area contributed by atoms with Crippen LogP contribution in [0.1, 0.15) is 32.3 Å². The lowest BCUT2D eigenvalue weighted by atomic mass is 10.3. The molecular formula is C14H23N3O2S. The van der Waals surface area contributed by atoms with Gasteiger partial charge in [0.15, 0.2) is 5.96 Å². The molecule has 0 amide bonds. The van der Waals surface area contributed by atoms with Crippen LogP contribution in [0, 0.1) is 0 Å². The number of aliphatic imine (C=N–C) groups is 1. The van der Waals surface area contributed by atoms with Crippen molar-refractivity contribution >= 4 is 23.3 Å². The second-order valence-corrected chi connectivity index (χ2v) is 4.94. The normalized spacial score (nSPS) is 11.2. The number of nitrogens with zero attached hydrogens (tertiary/aromatic N) is 1. The topological polar surface area (TPSA) is 62.7 Å². The Balaban J connectivity index is 2.28. The zero-order valence-corrected chi connectivity index (χ0v) is 13.0. The fourth-order valence-electron chi connectivity index (χ4n) is 1.57. The molecule has 0 fully saturated rings. The maximum absolute atomic E-state index is 11.2. The Morgan fingerprint density at radius 2 is 2.25 bits per heavy atom. The van der Waals surface area contributed by atoms with E-state index in [2.05, 4.69) is 27.1 Å². The molecule has 20 heavy (non-hydrogen) atoms. The van der Waals surface area contributed by atoms with Gasteiger partial charge in [-0.15, -0.1) is 0 Å². The maximum atomic E-state index is 11.2. The molecule has 6 heteroatoms. The molecule has 0 unspecified atom stereocenters. The fourth-order valence-corrected chi connectivity index (χ4v) is 2.23. The molecule has 1 aromatic heterocycles. The first-order valence-corrected chi connectivity index (χ1v) is 7.89. The van der Waals surface area contributed by atoms with Crippen LogP contribution in [0.5, 0.6) is 0 Å². The molecular weight excluding hydrogens is 274 g/mol. The Kier molecular flexibility index (Phi) is 8.46. The molecule has 0 aliphatic heterocycles. The molecule has 1 heterocycles. The highest BCUT2D eigenvalue weighted by Crippen LogP contribution is 2.06. The Hall–Kier alpha value is -1.56. The molecule has 2 N–H and O–H groups in total. The van der Waals surface area contributed by atoms with Crippen LogP contribution >= 0.6 is 11.3 Å². The smallest absolute Gasteiger partial charge is 0.305 e. The zero-order chi connectivity index (χ0) is 14.6. The van der Waals surface area contributed by atoms with Crippen LogP contribution in [-0.4, -0.2) is 31.6 Å². The van der Waals surface area contributed by atoms with Gasteiger partial charge in [-0.3, -0.25) is 4.79 Å². The minimum Gasteiger partial charge on any atom is -0.466 e. The molecule has 5 nitrogen and oxygen atoms in total. The van der Waals surface area contributed by atoms with E-state index in [1.807, 2.05) is 19.2 Å². The van der Waals surface area contributed by atoms with E-state index in [1.54, 1.807) is 11.3 Å². The van der Waals surface area contributed by atoms with E-state index in [9.17, 15) is 4.79 Å². The number of carbonyl (C=O) groups excluding carboxylic acids is 1. The van der Waals surface area contributed by atoms with Gasteiger partial charge in [-0.2, -0.15) is 11.3 Å². The molecule has 0 aliphatic rings. The maximum Gasteiger partial charge on any atom is 0.305 e. The van der Waals surface area contributed by atoms with Gasteiger partial charge in [0.1, 0.15) is 0 Å². The molecule has 112 valence electrons. The summed E-state index contributed by atoms with van der Waals surface area (Å²) >= 11 is 1.67. The number of thiophene rings is 1. The molecule has 0 bridgehead atoms. The summed E-state index contributed by atoms with van der Waals surface area (Å²) < 4.78 is 4.88. The van der Waals surface area contributed by atoms with Crippen molar-refractivity contribution in [2.24, 2.45) is 4.99 Å². The number of carbonyl (C=O) groups is 1. The summed E-state index contributed by atoms with van der Waals surface area (Å²) in [7, 11) is 0. The molecule has 0 saturated heterocycles. The Bertz CT molecular complexity index is 405. The van der Waals surface area contributed by atoms with Crippen molar-refractivity contribution in [3.05, 3.63) is 22.4 Å². The predicted molar refractivity (Wildman–Crippen MR) is 83.0 cm³/mol. The zero-order valence-electron chi connectivity index (χ0n) is 12.1. The van der Waals surface area contributed by atoms with E-state index in [1.165, 1.54) is 5.56 Å². The third-order valence-corrected chi connectivity index (χ3v) is 3.23. The van der Waals surface area contributed by atoms with Crippen LogP contribution in [0.25, 0.3) is 0 Å². The van der Waals surface area contributed by atoms with Crippen molar-refractivity contribution in [2.75, 3.05) is 19.7 Å². The molecule has 0 atom stereocenters. The summed E-state index contributed by atoms with van der Waals surface area (Å²) in [5.41, 5.74) is 1.21. The number of hydrogen-bond acceptors (Lipinski definition) is 4. The van der Waals surface area contributed by atoms with Gasteiger partial charge in [0.2, 0.25) is 0 Å². The summed E-state index contributed by atoms with van der Waals surface area (Å²) in [6, 6.07) is 2.07. The van der Waals surface area contributed by atoms with Crippen molar-refractivity contribution < 1.29 is 9.53 Å². The SMILES string of the molecule is CCNC(=NCc1ccsc1)NCCCC(=O)OCC. The Morgan fingerprint density at radius 3 is 2.90 bits per heavy atom.